The molecule has 16 heavy (non-hydrogen) atoms. The van der Waals surface area contributed by atoms with Crippen molar-refractivity contribution in [2.45, 2.75) is 24.8 Å². The summed E-state index contributed by atoms with van der Waals surface area (Å²) in [7, 11) is 1.37. The van der Waals surface area contributed by atoms with Gasteiger partial charge in [0.05, 0.1) is 12.1 Å². The van der Waals surface area contributed by atoms with Crippen LogP contribution in [0.1, 0.15) is 18.4 Å². The highest BCUT2D eigenvalue weighted by molar-refractivity contribution is 6.32. The Labute approximate surface area is 97.3 Å². The molecule has 0 radical (unpaired) electrons. The molecule has 0 aliphatic heterocycles. The van der Waals surface area contributed by atoms with Gasteiger partial charge in [-0.1, -0.05) is 11.6 Å². The van der Waals surface area contributed by atoms with E-state index in [0.29, 0.717) is 0 Å². The summed E-state index contributed by atoms with van der Waals surface area (Å²) in [5.41, 5.74) is 5.59. The van der Waals surface area contributed by atoms with Gasteiger partial charge in [0.2, 0.25) is 0 Å². The van der Waals surface area contributed by atoms with Gasteiger partial charge in [-0.15, -0.1) is 0 Å². The van der Waals surface area contributed by atoms with E-state index in [4.69, 9.17) is 22.1 Å². The zero-order valence-corrected chi connectivity index (χ0v) is 9.57. The van der Waals surface area contributed by atoms with Crippen LogP contribution in [0, 0.1) is 11.6 Å². The van der Waals surface area contributed by atoms with Crippen molar-refractivity contribution in [3.63, 3.8) is 0 Å². The Morgan fingerprint density at radius 2 is 2.12 bits per heavy atom. The monoisotopic (exact) mass is 247 g/mol. The van der Waals surface area contributed by atoms with Crippen LogP contribution in [-0.2, 0) is 6.42 Å². The van der Waals surface area contributed by atoms with Crippen molar-refractivity contribution < 1.29 is 13.5 Å². The van der Waals surface area contributed by atoms with Crippen molar-refractivity contribution in [3.8, 4) is 5.75 Å². The fourth-order valence-electron chi connectivity index (χ4n) is 1.70. The van der Waals surface area contributed by atoms with Crippen molar-refractivity contribution in [1.29, 1.82) is 0 Å². The number of hydrogen-bond acceptors (Lipinski definition) is 2. The largest absolute Gasteiger partial charge is 0.495 e. The molecular formula is C11H12ClF2NO. The quantitative estimate of drug-likeness (QED) is 0.834. The standard InChI is InChI=1S/C11H12ClF2NO/c1-16-10-6(5-11(15)2-3-11)9(14)8(13)4-7(10)12/h4H,2-3,5,15H2,1H3. The lowest BCUT2D eigenvalue weighted by Gasteiger charge is -2.15. The fraction of sp³-hybridized carbons (Fsp3) is 0.455. The van der Waals surface area contributed by atoms with E-state index in [1.807, 2.05) is 0 Å². The van der Waals surface area contributed by atoms with Gasteiger partial charge >= 0.3 is 0 Å². The van der Waals surface area contributed by atoms with Crippen LogP contribution in [-0.4, -0.2) is 12.6 Å². The molecule has 1 aromatic carbocycles. The molecule has 2 N–H and O–H groups in total. The third kappa shape index (κ3) is 1.99. The maximum absolute atomic E-state index is 13.6. The summed E-state index contributed by atoms with van der Waals surface area (Å²) in [4.78, 5) is 0. The first-order chi connectivity index (χ1) is 7.47. The lowest BCUT2D eigenvalue weighted by atomic mass is 10.0. The summed E-state index contributed by atoms with van der Waals surface area (Å²) in [5, 5.41) is 0.0700. The minimum absolute atomic E-state index is 0.0700. The third-order valence-electron chi connectivity index (χ3n) is 2.84. The Kier molecular flexibility index (Phi) is 2.80. The lowest BCUT2D eigenvalue weighted by molar-refractivity contribution is 0.394. The topological polar surface area (TPSA) is 35.2 Å². The van der Waals surface area contributed by atoms with Crippen LogP contribution in [0.15, 0.2) is 6.07 Å². The normalized spacial score (nSPS) is 17.3. The minimum atomic E-state index is -0.968. The lowest BCUT2D eigenvalue weighted by Crippen LogP contribution is -2.25. The second kappa shape index (κ2) is 3.86. The summed E-state index contributed by atoms with van der Waals surface area (Å²) in [5.74, 6) is -1.71. The predicted octanol–water partition coefficient (Wildman–Crippen LogP) is 2.66. The minimum Gasteiger partial charge on any atom is -0.495 e. The molecule has 0 saturated heterocycles. The molecule has 1 aliphatic carbocycles. The number of ether oxygens (including phenoxy) is 1. The molecule has 0 bridgehead atoms. The van der Waals surface area contributed by atoms with Crippen molar-refractivity contribution in [2.24, 2.45) is 5.73 Å². The van der Waals surface area contributed by atoms with Gasteiger partial charge in [0.15, 0.2) is 11.6 Å². The van der Waals surface area contributed by atoms with E-state index in [0.717, 1.165) is 18.9 Å². The Hall–Kier alpha value is -0.870. The van der Waals surface area contributed by atoms with Crippen LogP contribution in [0.2, 0.25) is 5.02 Å². The summed E-state index contributed by atoms with van der Waals surface area (Å²) in [6.45, 7) is 0. The molecule has 88 valence electrons. The smallest absolute Gasteiger partial charge is 0.165 e. The SMILES string of the molecule is COc1c(Cl)cc(F)c(F)c1CC1(N)CC1. The average Bonchev–Trinajstić information content (AvgIpc) is 2.93. The Morgan fingerprint density at radius 1 is 1.50 bits per heavy atom. The van der Waals surface area contributed by atoms with E-state index in [2.05, 4.69) is 0 Å². The van der Waals surface area contributed by atoms with E-state index < -0.39 is 17.2 Å². The molecule has 1 fully saturated rings. The molecule has 0 spiro atoms. The van der Waals surface area contributed by atoms with Crippen molar-refractivity contribution in [2.75, 3.05) is 7.11 Å². The van der Waals surface area contributed by atoms with Gasteiger partial charge in [0.25, 0.3) is 0 Å². The molecule has 0 unspecified atom stereocenters. The average molecular weight is 248 g/mol. The summed E-state index contributed by atoms with van der Waals surface area (Å²) in [6.07, 6.45) is 1.87. The van der Waals surface area contributed by atoms with Gasteiger partial charge in [-0.3, -0.25) is 0 Å². The number of hydrogen-bond donors (Lipinski definition) is 1. The van der Waals surface area contributed by atoms with Crippen LogP contribution < -0.4 is 10.5 Å². The molecule has 5 heteroatoms. The van der Waals surface area contributed by atoms with Crippen molar-refractivity contribution in [3.05, 3.63) is 28.3 Å². The van der Waals surface area contributed by atoms with E-state index in [1.165, 1.54) is 7.11 Å². The molecule has 2 nitrogen and oxygen atoms in total. The van der Waals surface area contributed by atoms with Gasteiger partial charge < -0.3 is 10.5 Å². The highest BCUT2D eigenvalue weighted by atomic mass is 35.5. The number of rotatable bonds is 3. The molecule has 1 aliphatic rings. The van der Waals surface area contributed by atoms with Gasteiger partial charge in [-0.05, 0) is 25.3 Å². The first-order valence-electron chi connectivity index (χ1n) is 4.96. The Balaban J connectivity index is 2.47. The van der Waals surface area contributed by atoms with Crippen LogP contribution in [0.4, 0.5) is 8.78 Å². The van der Waals surface area contributed by atoms with E-state index in [9.17, 15) is 8.78 Å². The fourth-order valence-corrected chi connectivity index (χ4v) is 1.98. The molecular weight excluding hydrogens is 236 g/mol. The van der Waals surface area contributed by atoms with Crippen molar-refractivity contribution >= 4 is 11.6 Å². The molecule has 1 aromatic rings. The first kappa shape index (κ1) is 11.6. The Morgan fingerprint density at radius 3 is 2.62 bits per heavy atom. The maximum Gasteiger partial charge on any atom is 0.165 e. The van der Waals surface area contributed by atoms with Gasteiger partial charge in [0.1, 0.15) is 5.75 Å². The molecule has 0 aromatic heterocycles. The van der Waals surface area contributed by atoms with E-state index >= 15 is 0 Å². The Bertz CT molecular complexity index is 432. The second-order valence-corrected chi connectivity index (χ2v) is 4.61. The van der Waals surface area contributed by atoms with Gasteiger partial charge in [-0.2, -0.15) is 0 Å². The third-order valence-corrected chi connectivity index (χ3v) is 3.13. The predicted molar refractivity (Wildman–Crippen MR) is 57.8 cm³/mol. The van der Waals surface area contributed by atoms with Crippen LogP contribution >= 0.6 is 11.6 Å². The summed E-state index contributed by atoms with van der Waals surface area (Å²) < 4.78 is 31.8. The molecule has 1 saturated carbocycles. The van der Waals surface area contributed by atoms with Gasteiger partial charge in [0, 0.05) is 11.1 Å². The number of benzene rings is 1. The molecule has 0 atom stereocenters. The van der Waals surface area contributed by atoms with E-state index in [1.54, 1.807) is 0 Å². The zero-order chi connectivity index (χ0) is 11.9. The number of methoxy groups -OCH3 is 1. The number of halogens is 3. The molecule has 0 heterocycles. The highest BCUT2D eigenvalue weighted by Gasteiger charge is 2.40. The van der Waals surface area contributed by atoms with Crippen LogP contribution in [0.5, 0.6) is 5.75 Å². The first-order valence-corrected chi connectivity index (χ1v) is 5.34. The maximum atomic E-state index is 13.6. The zero-order valence-electron chi connectivity index (χ0n) is 8.82. The van der Waals surface area contributed by atoms with Gasteiger partial charge in [-0.25, -0.2) is 8.78 Å². The summed E-state index contributed by atoms with van der Waals surface area (Å²) >= 11 is 5.78. The van der Waals surface area contributed by atoms with Crippen LogP contribution in [0.3, 0.4) is 0 Å². The molecule has 2 rings (SSSR count). The summed E-state index contributed by atoms with van der Waals surface area (Å²) in [6, 6.07) is 0.912. The van der Waals surface area contributed by atoms with Crippen molar-refractivity contribution in [1.82, 2.24) is 0 Å². The highest BCUT2D eigenvalue weighted by Crippen LogP contribution is 2.41. The van der Waals surface area contributed by atoms with E-state index in [-0.39, 0.29) is 22.8 Å². The molecule has 0 amide bonds. The second-order valence-electron chi connectivity index (χ2n) is 4.21. The number of nitrogens with two attached hydrogens (primary N) is 1. The van der Waals surface area contributed by atoms with Crippen LogP contribution in [0.25, 0.3) is 0 Å².